The third-order valence-corrected chi connectivity index (χ3v) is 5.72. The van der Waals surface area contributed by atoms with Crippen LogP contribution in [0.5, 0.6) is 0 Å². The molecule has 0 spiro atoms. The Morgan fingerprint density at radius 2 is 2.08 bits per heavy atom. The van der Waals surface area contributed by atoms with Crippen molar-refractivity contribution in [2.24, 2.45) is 0 Å². The molecule has 2 rings (SSSR count). The molecule has 0 radical (unpaired) electrons. The highest BCUT2D eigenvalue weighted by molar-refractivity contribution is 7.91. The first-order chi connectivity index (χ1) is 11.3. The number of fused-ring (bicyclic) bond motifs is 1. The fourth-order valence-corrected chi connectivity index (χ4v) is 4.23. The average Bonchev–Trinajstić information content (AvgIpc) is 2.79. The van der Waals surface area contributed by atoms with Gasteiger partial charge in [0.15, 0.2) is 9.84 Å². The van der Waals surface area contributed by atoms with Gasteiger partial charge in [-0.15, -0.1) is 0 Å². The minimum atomic E-state index is -3.64. The Balaban J connectivity index is 2.57. The molecule has 0 atom stereocenters. The highest BCUT2D eigenvalue weighted by Gasteiger charge is 2.25. The van der Waals surface area contributed by atoms with Crippen LogP contribution in [0.1, 0.15) is 18.1 Å². The third-order valence-electron chi connectivity index (χ3n) is 3.65. The third kappa shape index (κ3) is 3.71. The van der Waals surface area contributed by atoms with E-state index in [1.165, 1.54) is 16.6 Å². The second-order valence-electron chi connectivity index (χ2n) is 5.29. The van der Waals surface area contributed by atoms with E-state index in [1.807, 2.05) is 0 Å². The quantitative estimate of drug-likeness (QED) is 0.794. The van der Waals surface area contributed by atoms with Crippen LogP contribution in [0.25, 0.3) is 5.52 Å². The van der Waals surface area contributed by atoms with Crippen molar-refractivity contribution in [3.63, 3.8) is 0 Å². The van der Waals surface area contributed by atoms with E-state index in [4.69, 9.17) is 16.7 Å². The van der Waals surface area contributed by atoms with Crippen LogP contribution < -0.4 is 0 Å². The minimum absolute atomic E-state index is 0.121. The second-order valence-corrected chi connectivity index (χ2v) is 7.68. The molecule has 128 valence electrons. The van der Waals surface area contributed by atoms with Crippen LogP contribution in [0.3, 0.4) is 0 Å². The number of aromatic nitrogens is 1. The van der Waals surface area contributed by atoms with Gasteiger partial charge >= 0.3 is 5.97 Å². The van der Waals surface area contributed by atoms with E-state index in [-0.39, 0.29) is 17.2 Å². The lowest BCUT2D eigenvalue weighted by Gasteiger charge is -2.04. The summed E-state index contributed by atoms with van der Waals surface area (Å²) >= 11 is 5.84. The highest BCUT2D eigenvalue weighted by Crippen LogP contribution is 2.28. The van der Waals surface area contributed by atoms with Crippen LogP contribution in [0.15, 0.2) is 52.7 Å². The predicted octanol–water partition coefficient (Wildman–Crippen LogP) is 3.35. The lowest BCUT2D eigenvalue weighted by molar-refractivity contribution is -0.136. The number of sulfone groups is 1. The van der Waals surface area contributed by atoms with Gasteiger partial charge in [-0.1, -0.05) is 29.8 Å². The second kappa shape index (κ2) is 7.23. The van der Waals surface area contributed by atoms with Crippen molar-refractivity contribution < 1.29 is 18.3 Å². The fourth-order valence-electron chi connectivity index (χ4n) is 2.59. The van der Waals surface area contributed by atoms with E-state index < -0.39 is 15.8 Å². The Hall–Kier alpha value is -2.05. The van der Waals surface area contributed by atoms with Crippen molar-refractivity contribution >= 4 is 32.9 Å². The highest BCUT2D eigenvalue weighted by atomic mass is 35.5. The normalized spacial score (nSPS) is 13.0. The molecular weight excluding hydrogens is 350 g/mol. The van der Waals surface area contributed by atoms with Gasteiger partial charge in [-0.05, 0) is 43.2 Å². The summed E-state index contributed by atoms with van der Waals surface area (Å²) in [6.07, 6.45) is 6.07. The van der Waals surface area contributed by atoms with Crippen molar-refractivity contribution in [2.75, 3.05) is 5.75 Å². The molecule has 0 aliphatic rings. The van der Waals surface area contributed by atoms with Gasteiger partial charge in [0.1, 0.15) is 5.03 Å². The molecule has 0 unspecified atom stereocenters. The SMILES string of the molecule is C/C=C(Cl)\C=C/CS(=O)(=O)c1c(C)c(CC(=O)O)c2ccccn12. The molecular formula is C17H18ClNO4S. The number of hydrogen-bond acceptors (Lipinski definition) is 3. The summed E-state index contributed by atoms with van der Waals surface area (Å²) in [7, 11) is -3.64. The molecule has 2 heterocycles. The van der Waals surface area contributed by atoms with Crippen molar-refractivity contribution in [1.82, 2.24) is 4.40 Å². The number of allylic oxidation sites excluding steroid dienone is 3. The molecule has 0 amide bonds. The molecule has 0 saturated carbocycles. The van der Waals surface area contributed by atoms with Crippen LogP contribution in [0.2, 0.25) is 0 Å². The number of carboxylic acids is 1. The minimum Gasteiger partial charge on any atom is -0.481 e. The molecule has 7 heteroatoms. The number of halogens is 1. The van der Waals surface area contributed by atoms with Crippen LogP contribution in [-0.2, 0) is 21.1 Å². The monoisotopic (exact) mass is 367 g/mol. The molecule has 0 aliphatic heterocycles. The lowest BCUT2D eigenvalue weighted by Crippen LogP contribution is -2.09. The van der Waals surface area contributed by atoms with Gasteiger partial charge in [-0.3, -0.25) is 4.79 Å². The van der Waals surface area contributed by atoms with Gasteiger partial charge < -0.3 is 9.51 Å². The van der Waals surface area contributed by atoms with Gasteiger partial charge in [0, 0.05) is 11.2 Å². The summed E-state index contributed by atoms with van der Waals surface area (Å²) in [6.45, 7) is 3.39. The summed E-state index contributed by atoms with van der Waals surface area (Å²) in [6, 6.07) is 5.18. The predicted molar refractivity (Wildman–Crippen MR) is 94.3 cm³/mol. The zero-order chi connectivity index (χ0) is 17.9. The summed E-state index contributed by atoms with van der Waals surface area (Å²) in [4.78, 5) is 11.1. The van der Waals surface area contributed by atoms with E-state index in [0.29, 0.717) is 21.7 Å². The molecule has 0 aromatic carbocycles. The molecule has 24 heavy (non-hydrogen) atoms. The molecule has 0 bridgehead atoms. The Morgan fingerprint density at radius 3 is 2.71 bits per heavy atom. The van der Waals surface area contributed by atoms with Crippen LogP contribution in [-0.4, -0.2) is 29.6 Å². The summed E-state index contributed by atoms with van der Waals surface area (Å²) in [5.41, 5.74) is 1.57. The van der Waals surface area contributed by atoms with E-state index in [0.717, 1.165) is 0 Å². The fraction of sp³-hybridized carbons (Fsp3) is 0.235. The average molecular weight is 368 g/mol. The first-order valence-electron chi connectivity index (χ1n) is 7.29. The first-order valence-corrected chi connectivity index (χ1v) is 9.32. The topological polar surface area (TPSA) is 75.8 Å². The largest absolute Gasteiger partial charge is 0.481 e. The maximum Gasteiger partial charge on any atom is 0.307 e. The van der Waals surface area contributed by atoms with E-state index in [2.05, 4.69) is 0 Å². The molecule has 0 aliphatic carbocycles. The Kier molecular flexibility index (Phi) is 5.51. The number of nitrogens with zero attached hydrogens (tertiary/aromatic N) is 1. The number of aliphatic carboxylic acids is 1. The Bertz CT molecular complexity index is 939. The number of hydrogen-bond donors (Lipinski definition) is 1. The Labute approximate surface area is 145 Å². The maximum absolute atomic E-state index is 12.8. The van der Waals surface area contributed by atoms with Crippen LogP contribution in [0.4, 0.5) is 0 Å². The van der Waals surface area contributed by atoms with E-state index >= 15 is 0 Å². The Morgan fingerprint density at radius 1 is 1.38 bits per heavy atom. The molecule has 0 fully saturated rings. The maximum atomic E-state index is 12.8. The van der Waals surface area contributed by atoms with Gasteiger partial charge in [0.2, 0.25) is 0 Å². The standard InChI is InChI=1S/C17H18ClNO4S/c1-3-13(18)7-6-10-24(22,23)17-12(2)14(11-16(20)21)15-8-4-5-9-19(15)17/h3-9H,10-11H2,1-2H3,(H,20,21)/b7-6-,13-3+. The van der Waals surface area contributed by atoms with Gasteiger partial charge in [-0.25, -0.2) is 8.42 Å². The molecule has 2 aromatic rings. The molecule has 0 saturated heterocycles. The zero-order valence-electron chi connectivity index (χ0n) is 13.4. The number of pyridine rings is 1. The zero-order valence-corrected chi connectivity index (χ0v) is 14.9. The van der Waals surface area contributed by atoms with Crippen molar-refractivity contribution in [3.05, 3.63) is 58.8 Å². The van der Waals surface area contributed by atoms with Crippen LogP contribution in [0, 0.1) is 6.92 Å². The molecule has 5 nitrogen and oxygen atoms in total. The summed E-state index contributed by atoms with van der Waals surface area (Å²) in [5.74, 6) is -1.22. The first kappa shape index (κ1) is 18.3. The van der Waals surface area contributed by atoms with Crippen LogP contribution >= 0.6 is 11.6 Å². The summed E-state index contributed by atoms with van der Waals surface area (Å²) in [5, 5.41) is 9.68. The number of rotatable bonds is 6. The van der Waals surface area contributed by atoms with Gasteiger partial charge in [0.05, 0.1) is 17.7 Å². The smallest absolute Gasteiger partial charge is 0.307 e. The van der Waals surface area contributed by atoms with Crippen molar-refractivity contribution in [1.29, 1.82) is 0 Å². The number of carbonyl (C=O) groups is 1. The van der Waals surface area contributed by atoms with Gasteiger partial charge in [-0.2, -0.15) is 0 Å². The lowest BCUT2D eigenvalue weighted by atomic mass is 10.1. The summed E-state index contributed by atoms with van der Waals surface area (Å²) < 4.78 is 27.0. The van der Waals surface area contributed by atoms with E-state index in [1.54, 1.807) is 44.3 Å². The molecule has 1 N–H and O–H groups in total. The van der Waals surface area contributed by atoms with Gasteiger partial charge in [0.25, 0.3) is 0 Å². The van der Waals surface area contributed by atoms with E-state index in [9.17, 15) is 13.2 Å². The van der Waals surface area contributed by atoms with Crippen molar-refractivity contribution in [2.45, 2.75) is 25.3 Å². The number of carboxylic acid groups (broad SMARTS) is 1. The molecule has 2 aromatic heterocycles. The van der Waals surface area contributed by atoms with Crippen molar-refractivity contribution in [3.8, 4) is 0 Å².